The second kappa shape index (κ2) is 10.4. The molecule has 0 radical (unpaired) electrons. The van der Waals surface area contributed by atoms with E-state index in [0.717, 1.165) is 12.1 Å². The molecule has 0 unspecified atom stereocenters. The van der Waals surface area contributed by atoms with Crippen molar-refractivity contribution in [3.8, 4) is 44.5 Å². The lowest BCUT2D eigenvalue weighted by Gasteiger charge is -2.18. The van der Waals surface area contributed by atoms with E-state index in [2.05, 4.69) is 0 Å². The van der Waals surface area contributed by atoms with Gasteiger partial charge in [-0.1, -0.05) is 157 Å². The third-order valence-corrected chi connectivity index (χ3v) is 7.29. The zero-order valence-electron chi connectivity index (χ0n) is 48.6. The lowest BCUT2D eigenvalue weighted by Crippen LogP contribution is -1.91. The number of rotatable bonds is 4. The van der Waals surface area contributed by atoms with E-state index in [0.29, 0.717) is 0 Å². The van der Waals surface area contributed by atoms with Crippen LogP contribution in [-0.4, -0.2) is 0 Å². The molecule has 0 saturated heterocycles. The van der Waals surface area contributed by atoms with Crippen molar-refractivity contribution in [1.82, 2.24) is 0 Å². The van der Waals surface area contributed by atoms with E-state index in [1.807, 2.05) is 0 Å². The minimum absolute atomic E-state index is 0.367. The Labute approximate surface area is 298 Å². The zero-order valence-corrected chi connectivity index (χ0v) is 22.6. The summed E-state index contributed by atoms with van der Waals surface area (Å²) < 4.78 is 237. The fourth-order valence-electron chi connectivity index (χ4n) is 5.44. The lowest BCUT2D eigenvalue weighted by molar-refractivity contribution is 0.669. The van der Waals surface area contributed by atoms with E-state index in [4.69, 9.17) is 30.5 Å². The summed E-state index contributed by atoms with van der Waals surface area (Å²) >= 11 is 0. The average Bonchev–Trinajstić information content (AvgIpc) is 3.74. The van der Waals surface area contributed by atoms with Gasteiger partial charge in [0, 0.05) is 10.8 Å². The number of hydrogen-bond donors (Lipinski definition) is 0. The molecular formula is C44H28O. The highest BCUT2D eigenvalue weighted by molar-refractivity contribution is 6.25. The molecule has 0 fully saturated rings. The Morgan fingerprint density at radius 2 is 0.844 bits per heavy atom. The predicted molar refractivity (Wildman–Crippen MR) is 190 cm³/mol. The van der Waals surface area contributed by atoms with Crippen molar-refractivity contribution < 1.29 is 40.1 Å². The predicted octanol–water partition coefficient (Wildman–Crippen LogP) is 12.6. The molecule has 0 amide bonds. The first kappa shape index (κ1) is 10.6. The molecule has 45 heavy (non-hydrogen) atoms. The van der Waals surface area contributed by atoms with Crippen LogP contribution in [0.2, 0.25) is 0 Å². The van der Waals surface area contributed by atoms with Gasteiger partial charge in [-0.3, -0.25) is 0 Å². The molecule has 1 heterocycles. The van der Waals surface area contributed by atoms with Gasteiger partial charge in [0.15, 0.2) is 0 Å². The molecule has 0 bridgehead atoms. The van der Waals surface area contributed by atoms with E-state index in [1.165, 1.54) is 0 Å². The van der Waals surface area contributed by atoms with E-state index in [-0.39, 0.29) is 16.2 Å². The first-order valence-electron chi connectivity index (χ1n) is 26.3. The van der Waals surface area contributed by atoms with Crippen molar-refractivity contribution in [2.24, 2.45) is 0 Å². The van der Waals surface area contributed by atoms with E-state index in [9.17, 15) is 9.60 Å². The fraction of sp³-hybridized carbons (Fsp3) is 0. The first-order chi connectivity index (χ1) is 33.1. The van der Waals surface area contributed by atoms with Gasteiger partial charge in [-0.15, -0.1) is 0 Å². The summed E-state index contributed by atoms with van der Waals surface area (Å²) in [6.45, 7) is 0. The maximum atomic E-state index is 9.59. The van der Waals surface area contributed by atoms with Crippen molar-refractivity contribution in [2.75, 3.05) is 0 Å². The van der Waals surface area contributed by atoms with Crippen LogP contribution in [0.15, 0.2) is 174 Å². The Bertz CT molecular complexity index is 3870. The Balaban J connectivity index is 1.53. The average molecular weight is 599 g/mol. The number of benzene rings is 8. The van der Waals surface area contributed by atoms with Gasteiger partial charge in [0.1, 0.15) is 11.2 Å². The summed E-state index contributed by atoms with van der Waals surface area (Å²) in [5, 5.41) is -2.48. The molecule has 9 rings (SSSR count). The normalized spacial score (nSPS) is 19.6. The molecule has 0 saturated carbocycles. The van der Waals surface area contributed by atoms with Crippen LogP contribution in [0, 0.1) is 0 Å². The molecule has 0 spiro atoms. The molecule has 0 aliphatic heterocycles. The van der Waals surface area contributed by atoms with Crippen LogP contribution in [0.3, 0.4) is 0 Å². The molecule has 0 N–H and O–H groups in total. The molecule has 0 aliphatic carbocycles. The monoisotopic (exact) mass is 598 g/mol. The van der Waals surface area contributed by atoms with Gasteiger partial charge in [0.25, 0.3) is 0 Å². The third kappa shape index (κ3) is 4.09. The van der Waals surface area contributed by atoms with Gasteiger partial charge >= 0.3 is 0 Å². The van der Waals surface area contributed by atoms with Gasteiger partial charge in [-0.25, -0.2) is 0 Å². The van der Waals surface area contributed by atoms with Crippen molar-refractivity contribution in [3.63, 3.8) is 0 Å². The number of hydrogen-bond acceptors (Lipinski definition) is 1. The number of para-hydroxylation sites is 1. The highest BCUT2D eigenvalue weighted by Crippen LogP contribution is 2.47. The number of furan rings is 1. The summed E-state index contributed by atoms with van der Waals surface area (Å²) in [4.78, 5) is 0. The van der Waals surface area contributed by atoms with Gasteiger partial charge in [0.2, 0.25) is 0 Å². The van der Waals surface area contributed by atoms with Crippen LogP contribution < -0.4 is 0 Å². The van der Waals surface area contributed by atoms with E-state index >= 15 is 0 Å². The van der Waals surface area contributed by atoms with Crippen LogP contribution in [0.5, 0.6) is 0 Å². The fourth-order valence-corrected chi connectivity index (χ4v) is 5.44. The first-order valence-corrected chi connectivity index (χ1v) is 13.3. The molecular weight excluding hydrogens is 544 g/mol. The summed E-state index contributed by atoms with van der Waals surface area (Å²) in [6, 6.07) is -20.3. The van der Waals surface area contributed by atoms with Gasteiger partial charge in [0.05, 0.1) is 35.6 Å². The Hall–Kier alpha value is -5.92. The van der Waals surface area contributed by atoms with Gasteiger partial charge in [-0.2, -0.15) is 0 Å². The maximum absolute atomic E-state index is 9.59. The minimum atomic E-state index is -1.03. The van der Waals surface area contributed by atoms with Crippen molar-refractivity contribution >= 4 is 43.5 Å². The van der Waals surface area contributed by atoms with Crippen molar-refractivity contribution in [3.05, 3.63) is 169 Å². The van der Waals surface area contributed by atoms with Gasteiger partial charge in [-0.05, 0) is 78.1 Å². The largest absolute Gasteiger partial charge is 0.456 e. The summed E-state index contributed by atoms with van der Waals surface area (Å²) in [6.07, 6.45) is 0. The van der Waals surface area contributed by atoms with Crippen molar-refractivity contribution in [2.45, 2.75) is 0 Å². The Morgan fingerprint density at radius 1 is 0.333 bits per heavy atom. The second-order valence-electron chi connectivity index (χ2n) is 9.67. The molecule has 8 aromatic carbocycles. The highest BCUT2D eigenvalue weighted by Gasteiger charge is 2.20. The summed E-state index contributed by atoms with van der Waals surface area (Å²) in [5.41, 5.74) is -6.25. The molecule has 1 heteroatoms. The molecule has 9 aromatic rings. The second-order valence-corrected chi connectivity index (χ2v) is 9.67. The lowest BCUT2D eigenvalue weighted by atomic mass is 9.84. The van der Waals surface area contributed by atoms with Crippen LogP contribution in [0.25, 0.3) is 88.0 Å². The molecule has 210 valence electrons. The number of fused-ring (bicyclic) bond motifs is 5. The maximum Gasteiger partial charge on any atom is 0.136 e. The van der Waals surface area contributed by atoms with Crippen LogP contribution in [-0.2, 0) is 0 Å². The molecule has 1 nitrogen and oxygen atoms in total. The zero-order chi connectivity index (χ0) is 52.4. The van der Waals surface area contributed by atoms with E-state index in [1.54, 1.807) is 0 Å². The Kier molecular flexibility index (Phi) is 2.44. The highest BCUT2D eigenvalue weighted by atomic mass is 16.3. The van der Waals surface area contributed by atoms with Crippen LogP contribution >= 0.6 is 0 Å². The summed E-state index contributed by atoms with van der Waals surface area (Å²) in [5.74, 6) is 0. The van der Waals surface area contributed by atoms with Gasteiger partial charge < -0.3 is 4.42 Å². The van der Waals surface area contributed by atoms with Crippen LogP contribution in [0.1, 0.15) is 35.6 Å². The Morgan fingerprint density at radius 3 is 1.56 bits per heavy atom. The smallest absolute Gasteiger partial charge is 0.136 e. The summed E-state index contributed by atoms with van der Waals surface area (Å²) in [7, 11) is 0. The quantitative estimate of drug-likeness (QED) is 0.184. The SMILES string of the molecule is [2H]c1cc2c(-c3c([2H])c([2H])c(-c4c([2H])c([2H])c([2H])c([2H])c4-c4c([2H])c([2H])c([2H])c([2H])c4[2H])c([2H])c3[2H])c3cc([2H])c([2H])c([2H])c3c(-c3c([2H])c([2H])c([2H])c4oc5c([2H])c([2H])c([2H])c([2H])c5c34)c2c([2H])c1[2H]. The van der Waals surface area contributed by atoms with Crippen LogP contribution in [0.4, 0.5) is 0 Å². The molecule has 1 aromatic heterocycles. The standard InChI is InChI=1S/C44H28O/c1-2-13-29(14-3-1)32-15-4-5-16-33(32)30-25-27-31(28-26-30)42-34-17-6-8-19-36(34)43(37-20-9-7-18-35(37)42)39-22-12-24-41-44(39)38-21-10-11-23-40(38)45-41/h1-28H/i1D,2D,3D,4D,5D,6D,7D,8D,9D,10D,11D,12D,13D,14D,15D,16D,19D,20D,21D,22D,23D,24D,25D,26D,27D,28D. The molecule has 0 atom stereocenters. The third-order valence-electron chi connectivity index (χ3n) is 7.29. The van der Waals surface area contributed by atoms with Crippen molar-refractivity contribution in [1.29, 1.82) is 0 Å². The minimum Gasteiger partial charge on any atom is -0.456 e. The molecule has 0 aliphatic rings. The topological polar surface area (TPSA) is 13.1 Å². The van der Waals surface area contributed by atoms with E-state index < -0.39 is 229 Å².